The summed E-state index contributed by atoms with van der Waals surface area (Å²) in [5.41, 5.74) is 0.823. The van der Waals surface area contributed by atoms with Crippen LogP contribution in [0.4, 0.5) is 0 Å². The lowest BCUT2D eigenvalue weighted by molar-refractivity contribution is -0.108. The summed E-state index contributed by atoms with van der Waals surface area (Å²) in [7, 11) is -3.70. The number of benzene rings is 1. The molecule has 6 heteroatoms. The minimum absolute atomic E-state index is 0.118. The van der Waals surface area contributed by atoms with Crippen LogP contribution in [0.15, 0.2) is 30.3 Å². The summed E-state index contributed by atoms with van der Waals surface area (Å²) in [4.78, 5) is 9.90. The van der Waals surface area contributed by atoms with Crippen molar-refractivity contribution in [1.29, 1.82) is 0 Å². The van der Waals surface area contributed by atoms with E-state index < -0.39 is 10.2 Å². The van der Waals surface area contributed by atoms with E-state index in [4.69, 9.17) is 0 Å². The molecular weight excluding hydrogens is 204 g/mol. The maximum Gasteiger partial charge on any atom is 0.301 e. The van der Waals surface area contributed by atoms with Crippen LogP contribution in [0.3, 0.4) is 0 Å². The lowest BCUT2D eigenvalue weighted by Gasteiger charge is -2.04. The highest BCUT2D eigenvalue weighted by Crippen LogP contribution is 1.97. The monoisotopic (exact) mass is 214 g/mol. The van der Waals surface area contributed by atoms with Gasteiger partial charge in [0.2, 0.25) is 6.41 Å². The van der Waals surface area contributed by atoms with Gasteiger partial charge in [0.1, 0.15) is 0 Å². The third-order valence-corrected chi connectivity index (χ3v) is 2.44. The molecule has 0 atom stereocenters. The smallest absolute Gasteiger partial charge is 0.278 e. The highest BCUT2D eigenvalue weighted by molar-refractivity contribution is 7.88. The molecule has 0 saturated carbocycles. The fourth-order valence-corrected chi connectivity index (χ4v) is 1.45. The van der Waals surface area contributed by atoms with Crippen molar-refractivity contribution < 1.29 is 13.2 Å². The van der Waals surface area contributed by atoms with Crippen molar-refractivity contribution >= 4 is 16.6 Å². The number of hydrogen-bond donors (Lipinski definition) is 2. The number of rotatable bonds is 5. The molecule has 0 unspecified atom stereocenters. The molecule has 1 rings (SSSR count). The second-order valence-corrected chi connectivity index (χ2v) is 4.08. The van der Waals surface area contributed by atoms with E-state index in [1.165, 1.54) is 0 Å². The van der Waals surface area contributed by atoms with Crippen molar-refractivity contribution in [2.45, 2.75) is 6.54 Å². The van der Waals surface area contributed by atoms with E-state index in [1.54, 1.807) is 29.0 Å². The van der Waals surface area contributed by atoms with Crippen molar-refractivity contribution in [2.75, 3.05) is 0 Å². The lowest BCUT2D eigenvalue weighted by Crippen LogP contribution is -2.35. The van der Waals surface area contributed by atoms with Gasteiger partial charge in [0.05, 0.1) is 0 Å². The number of nitrogens with one attached hydrogen (secondary N) is 2. The third kappa shape index (κ3) is 3.55. The Bertz CT molecular complexity index is 388. The van der Waals surface area contributed by atoms with Gasteiger partial charge in [-0.05, 0) is 5.56 Å². The van der Waals surface area contributed by atoms with Gasteiger partial charge in [-0.1, -0.05) is 30.3 Å². The van der Waals surface area contributed by atoms with Gasteiger partial charge in [-0.25, -0.2) is 4.72 Å². The summed E-state index contributed by atoms with van der Waals surface area (Å²) in [6.07, 6.45) is 0.118. The Morgan fingerprint density at radius 2 is 1.86 bits per heavy atom. The van der Waals surface area contributed by atoms with E-state index in [0.717, 1.165) is 5.56 Å². The minimum Gasteiger partial charge on any atom is -0.278 e. The fourth-order valence-electron chi connectivity index (χ4n) is 0.879. The molecule has 0 spiro atoms. The molecule has 0 radical (unpaired) electrons. The largest absolute Gasteiger partial charge is 0.301 e. The molecule has 0 fully saturated rings. The molecular formula is C8H10N2O3S. The predicted octanol–water partition coefficient (Wildman–Crippen LogP) is -0.233. The second kappa shape index (κ2) is 4.73. The first-order valence-corrected chi connectivity index (χ1v) is 5.37. The van der Waals surface area contributed by atoms with Gasteiger partial charge in [-0.15, -0.1) is 0 Å². The normalized spacial score (nSPS) is 10.9. The SMILES string of the molecule is O=CNS(=O)(=O)NCc1ccccc1. The Morgan fingerprint density at radius 3 is 2.43 bits per heavy atom. The second-order valence-electron chi connectivity index (χ2n) is 2.55. The summed E-state index contributed by atoms with van der Waals surface area (Å²) in [6, 6.07) is 9.00. The van der Waals surface area contributed by atoms with E-state index in [9.17, 15) is 13.2 Å². The number of amides is 1. The van der Waals surface area contributed by atoms with Crippen LogP contribution in [-0.4, -0.2) is 14.8 Å². The molecule has 0 heterocycles. The zero-order valence-corrected chi connectivity index (χ0v) is 8.12. The molecule has 0 aromatic heterocycles. The first kappa shape index (κ1) is 10.7. The number of hydrogen-bond acceptors (Lipinski definition) is 3. The molecule has 1 amide bonds. The molecule has 0 saturated heterocycles. The molecule has 1 aromatic carbocycles. The van der Waals surface area contributed by atoms with Crippen LogP contribution in [0.2, 0.25) is 0 Å². The maximum absolute atomic E-state index is 11.0. The Kier molecular flexibility index (Phi) is 3.61. The van der Waals surface area contributed by atoms with Crippen LogP contribution in [0, 0.1) is 0 Å². The van der Waals surface area contributed by atoms with Crippen molar-refractivity contribution in [3.63, 3.8) is 0 Å². The molecule has 76 valence electrons. The minimum atomic E-state index is -3.70. The number of carbonyl (C=O) groups is 1. The summed E-state index contributed by atoms with van der Waals surface area (Å²) in [5, 5.41) is 0. The van der Waals surface area contributed by atoms with Crippen molar-refractivity contribution in [3.8, 4) is 0 Å². The van der Waals surface area contributed by atoms with Crippen LogP contribution >= 0.6 is 0 Å². The van der Waals surface area contributed by atoms with Crippen LogP contribution in [0.5, 0.6) is 0 Å². The fraction of sp³-hybridized carbons (Fsp3) is 0.125. The average molecular weight is 214 g/mol. The Labute approximate surface area is 82.3 Å². The maximum atomic E-state index is 11.0. The average Bonchev–Trinajstić information content (AvgIpc) is 2.17. The van der Waals surface area contributed by atoms with Gasteiger partial charge in [0, 0.05) is 6.54 Å². The van der Waals surface area contributed by atoms with E-state index >= 15 is 0 Å². The van der Waals surface area contributed by atoms with Crippen molar-refractivity contribution in [1.82, 2.24) is 9.44 Å². The molecule has 5 nitrogen and oxygen atoms in total. The summed E-state index contributed by atoms with van der Waals surface area (Å²) in [5.74, 6) is 0. The van der Waals surface area contributed by atoms with Crippen LogP contribution < -0.4 is 9.44 Å². The van der Waals surface area contributed by atoms with Crippen LogP contribution in [0.25, 0.3) is 0 Å². The van der Waals surface area contributed by atoms with E-state index in [-0.39, 0.29) is 13.0 Å². The lowest BCUT2D eigenvalue weighted by atomic mass is 10.2. The summed E-state index contributed by atoms with van der Waals surface area (Å²) < 4.78 is 25.8. The Balaban J connectivity index is 2.53. The molecule has 2 N–H and O–H groups in total. The first-order valence-electron chi connectivity index (χ1n) is 3.88. The quantitative estimate of drug-likeness (QED) is 0.665. The van der Waals surface area contributed by atoms with Gasteiger partial charge in [-0.2, -0.15) is 13.1 Å². The van der Waals surface area contributed by atoms with Gasteiger partial charge in [-0.3, -0.25) is 4.79 Å². The molecule has 0 aliphatic heterocycles. The Hall–Kier alpha value is -1.40. The van der Waals surface area contributed by atoms with Gasteiger partial charge in [0.25, 0.3) is 0 Å². The molecule has 1 aromatic rings. The number of carbonyl (C=O) groups excluding carboxylic acids is 1. The highest BCUT2D eigenvalue weighted by Gasteiger charge is 2.05. The van der Waals surface area contributed by atoms with Crippen molar-refractivity contribution in [3.05, 3.63) is 35.9 Å². The third-order valence-electron chi connectivity index (χ3n) is 1.51. The molecule has 0 bridgehead atoms. The first-order chi connectivity index (χ1) is 6.64. The van der Waals surface area contributed by atoms with E-state index in [0.29, 0.717) is 0 Å². The van der Waals surface area contributed by atoms with Gasteiger partial charge >= 0.3 is 10.2 Å². The zero-order chi connectivity index (χ0) is 10.4. The van der Waals surface area contributed by atoms with E-state index in [1.807, 2.05) is 6.07 Å². The van der Waals surface area contributed by atoms with Crippen LogP contribution in [-0.2, 0) is 21.5 Å². The van der Waals surface area contributed by atoms with E-state index in [2.05, 4.69) is 4.72 Å². The van der Waals surface area contributed by atoms with Gasteiger partial charge in [0.15, 0.2) is 0 Å². The van der Waals surface area contributed by atoms with Crippen LogP contribution in [0.1, 0.15) is 5.56 Å². The predicted molar refractivity (Wildman–Crippen MR) is 51.4 cm³/mol. The highest BCUT2D eigenvalue weighted by atomic mass is 32.2. The summed E-state index contributed by atoms with van der Waals surface area (Å²) in [6.45, 7) is 0.157. The molecule has 0 aliphatic carbocycles. The summed E-state index contributed by atoms with van der Waals surface area (Å²) >= 11 is 0. The Morgan fingerprint density at radius 1 is 1.21 bits per heavy atom. The zero-order valence-electron chi connectivity index (χ0n) is 7.30. The van der Waals surface area contributed by atoms with Crippen molar-refractivity contribution in [2.24, 2.45) is 0 Å². The topological polar surface area (TPSA) is 75.3 Å². The van der Waals surface area contributed by atoms with Gasteiger partial charge < -0.3 is 0 Å². The molecule has 14 heavy (non-hydrogen) atoms. The molecule has 0 aliphatic rings. The standard InChI is InChI=1S/C8H10N2O3S/c11-7-10-14(12,13)9-6-8-4-2-1-3-5-8/h1-5,7,9H,6H2,(H,10,11).